The number of hydrogen-bond acceptors (Lipinski definition) is 5. The van der Waals surface area contributed by atoms with E-state index in [1.165, 1.54) is 12.1 Å². The van der Waals surface area contributed by atoms with E-state index in [9.17, 15) is 12.8 Å². The number of likely N-dealkylation sites (N-methyl/N-ethyl adjacent to an activating group) is 1. The molecule has 0 atom stereocenters. The van der Waals surface area contributed by atoms with Gasteiger partial charge in [0, 0.05) is 28.4 Å². The Labute approximate surface area is 219 Å². The Morgan fingerprint density at radius 1 is 1.00 bits per heavy atom. The minimum Gasteiger partial charge on any atom is -0.490 e. The Morgan fingerprint density at radius 3 is 2.59 bits per heavy atom. The molecule has 0 aliphatic rings. The normalized spacial score (nSPS) is 11.9. The maximum absolute atomic E-state index is 14.8. The largest absolute Gasteiger partial charge is 0.490 e. The van der Waals surface area contributed by atoms with E-state index in [0.29, 0.717) is 22.5 Å². The molecule has 6 nitrogen and oxygen atoms in total. The molecule has 1 heterocycles. The lowest BCUT2D eigenvalue weighted by Gasteiger charge is -2.11. The molecule has 9 heteroatoms. The second-order valence-corrected chi connectivity index (χ2v) is 10.8. The average Bonchev–Trinajstić information content (AvgIpc) is 3.25. The van der Waals surface area contributed by atoms with Crippen molar-refractivity contribution in [1.29, 1.82) is 0 Å². The molecule has 190 valence electrons. The van der Waals surface area contributed by atoms with Crippen LogP contribution in [-0.4, -0.2) is 37.9 Å². The fraction of sp³-hybridized carbons (Fsp3) is 0.179. The highest BCUT2D eigenvalue weighted by Gasteiger charge is 2.29. The first kappa shape index (κ1) is 25.2. The van der Waals surface area contributed by atoms with Gasteiger partial charge in [0.2, 0.25) is 9.84 Å². The first-order valence-corrected chi connectivity index (χ1v) is 13.8. The summed E-state index contributed by atoms with van der Waals surface area (Å²) < 4.78 is 50.4. The number of benzene rings is 4. The number of rotatable bonds is 9. The zero-order valence-corrected chi connectivity index (χ0v) is 21.7. The van der Waals surface area contributed by atoms with E-state index >= 15 is 0 Å². The van der Waals surface area contributed by atoms with Crippen LogP contribution in [0.3, 0.4) is 0 Å². The van der Waals surface area contributed by atoms with Crippen LogP contribution in [0.5, 0.6) is 5.75 Å². The molecule has 1 N–H and O–H groups in total. The molecule has 1 aromatic heterocycles. The van der Waals surface area contributed by atoms with Gasteiger partial charge in [-0.1, -0.05) is 67.1 Å². The van der Waals surface area contributed by atoms with Crippen molar-refractivity contribution < 1.29 is 17.5 Å². The minimum absolute atomic E-state index is 0.110. The molecule has 5 aromatic rings. The van der Waals surface area contributed by atoms with Crippen LogP contribution in [0.4, 0.5) is 4.39 Å². The topological polar surface area (TPSA) is 73.2 Å². The lowest BCUT2D eigenvalue weighted by Crippen LogP contribution is -2.20. The van der Waals surface area contributed by atoms with Gasteiger partial charge in [0.15, 0.2) is 5.03 Å². The molecule has 4 aromatic carbocycles. The molecule has 37 heavy (non-hydrogen) atoms. The van der Waals surface area contributed by atoms with Crippen LogP contribution >= 0.6 is 11.6 Å². The number of sulfone groups is 1. The third-order valence-electron chi connectivity index (χ3n) is 6.04. The number of hydrogen-bond donors (Lipinski definition) is 1. The van der Waals surface area contributed by atoms with Crippen molar-refractivity contribution in [3.05, 3.63) is 95.3 Å². The van der Waals surface area contributed by atoms with Crippen molar-refractivity contribution in [1.82, 2.24) is 15.1 Å². The molecular weight excluding hydrogens is 513 g/mol. The van der Waals surface area contributed by atoms with E-state index in [0.717, 1.165) is 17.5 Å². The maximum atomic E-state index is 14.8. The third-order valence-corrected chi connectivity index (χ3v) is 8.02. The molecule has 5 rings (SSSR count). The van der Waals surface area contributed by atoms with Gasteiger partial charge in [-0.05, 0) is 41.8 Å². The number of nitrogens with one attached hydrogen (secondary N) is 1. The fourth-order valence-corrected chi connectivity index (χ4v) is 6.20. The second-order valence-electron chi connectivity index (χ2n) is 8.58. The molecule has 0 unspecified atom stereocenters. The van der Waals surface area contributed by atoms with Gasteiger partial charge in [-0.15, -0.1) is 0 Å². The summed E-state index contributed by atoms with van der Waals surface area (Å²) in [7, 11) is -4.13. The van der Waals surface area contributed by atoms with E-state index in [1.807, 2.05) is 37.3 Å². The number of nitrogens with zero attached hydrogens (tertiary/aromatic N) is 2. The van der Waals surface area contributed by atoms with Crippen LogP contribution in [0.2, 0.25) is 5.02 Å². The summed E-state index contributed by atoms with van der Waals surface area (Å²) in [5, 5.41) is 9.53. The standard InChI is InChI=1S/C28H25ClFN3O3S/c1-2-31-13-14-36-25-17-22(30)16-24-27(25)33(18-19-7-5-10-21(29)15-19)32-28(24)37(34,35)26-12-6-9-20-8-3-4-11-23(20)26/h3-12,15-17,31H,2,13-14,18H2,1H3. The molecule has 0 bridgehead atoms. The lowest BCUT2D eigenvalue weighted by molar-refractivity contribution is 0.316. The van der Waals surface area contributed by atoms with Gasteiger partial charge in [0.25, 0.3) is 0 Å². The summed E-state index contributed by atoms with van der Waals surface area (Å²) >= 11 is 6.19. The highest BCUT2D eigenvalue weighted by atomic mass is 35.5. The molecule has 0 saturated heterocycles. The zero-order valence-electron chi connectivity index (χ0n) is 20.1. The van der Waals surface area contributed by atoms with Crippen LogP contribution in [0, 0.1) is 5.82 Å². The predicted octanol–water partition coefficient (Wildman–Crippen LogP) is 5.85. The third kappa shape index (κ3) is 5.05. The Bertz CT molecular complexity index is 1700. The second kappa shape index (κ2) is 10.5. The molecule has 0 amide bonds. The van der Waals surface area contributed by atoms with Gasteiger partial charge in [0.05, 0.1) is 11.4 Å². The summed E-state index contributed by atoms with van der Waals surface area (Å²) in [4.78, 5) is 0.110. The van der Waals surface area contributed by atoms with Gasteiger partial charge < -0.3 is 10.1 Å². The number of aromatic nitrogens is 2. The van der Waals surface area contributed by atoms with Crippen molar-refractivity contribution in [2.75, 3.05) is 19.7 Å². The van der Waals surface area contributed by atoms with E-state index in [4.69, 9.17) is 16.3 Å². The first-order valence-electron chi connectivity index (χ1n) is 11.9. The highest BCUT2D eigenvalue weighted by Crippen LogP contribution is 2.36. The van der Waals surface area contributed by atoms with Crippen LogP contribution in [-0.2, 0) is 16.4 Å². The summed E-state index contributed by atoms with van der Waals surface area (Å²) in [6.07, 6.45) is 0. The number of halogens is 2. The Kier molecular flexibility index (Phi) is 7.15. The summed E-state index contributed by atoms with van der Waals surface area (Å²) in [6, 6.07) is 22.0. The summed E-state index contributed by atoms with van der Waals surface area (Å²) in [5.74, 6) is -0.385. The smallest absolute Gasteiger partial charge is 0.226 e. The maximum Gasteiger partial charge on any atom is 0.226 e. The monoisotopic (exact) mass is 537 g/mol. The fourth-order valence-electron chi connectivity index (χ4n) is 4.39. The number of fused-ring (bicyclic) bond motifs is 2. The molecular formula is C28H25ClFN3O3S. The first-order chi connectivity index (χ1) is 17.9. The van der Waals surface area contributed by atoms with E-state index in [-0.39, 0.29) is 34.2 Å². The van der Waals surface area contributed by atoms with Gasteiger partial charge >= 0.3 is 0 Å². The van der Waals surface area contributed by atoms with Crippen molar-refractivity contribution in [3.63, 3.8) is 0 Å². The highest BCUT2D eigenvalue weighted by molar-refractivity contribution is 7.91. The van der Waals surface area contributed by atoms with Gasteiger partial charge in [-0.3, -0.25) is 4.68 Å². The van der Waals surface area contributed by atoms with Crippen molar-refractivity contribution in [2.24, 2.45) is 0 Å². The average molecular weight is 538 g/mol. The Morgan fingerprint density at radius 2 is 1.78 bits per heavy atom. The van der Waals surface area contributed by atoms with Crippen molar-refractivity contribution >= 4 is 43.1 Å². The van der Waals surface area contributed by atoms with Crippen LogP contribution < -0.4 is 10.1 Å². The molecule has 0 fully saturated rings. The van der Waals surface area contributed by atoms with Crippen LogP contribution in [0.15, 0.2) is 88.8 Å². The van der Waals surface area contributed by atoms with Gasteiger partial charge in [-0.25, -0.2) is 12.8 Å². The van der Waals surface area contributed by atoms with E-state index in [2.05, 4.69) is 10.4 Å². The quantitative estimate of drug-likeness (QED) is 0.239. The molecule has 0 saturated carbocycles. The number of ether oxygens (including phenoxy) is 1. The Hall–Kier alpha value is -3.46. The predicted molar refractivity (Wildman–Crippen MR) is 144 cm³/mol. The van der Waals surface area contributed by atoms with Gasteiger partial charge in [-0.2, -0.15) is 5.10 Å². The molecule has 0 spiro atoms. The molecule has 0 radical (unpaired) electrons. The molecule has 0 aliphatic carbocycles. The van der Waals surface area contributed by atoms with Crippen molar-refractivity contribution in [2.45, 2.75) is 23.4 Å². The van der Waals surface area contributed by atoms with Crippen LogP contribution in [0.1, 0.15) is 12.5 Å². The minimum atomic E-state index is -4.13. The van der Waals surface area contributed by atoms with Crippen LogP contribution in [0.25, 0.3) is 21.7 Å². The zero-order chi connectivity index (χ0) is 26.0. The van der Waals surface area contributed by atoms with E-state index in [1.54, 1.807) is 41.1 Å². The van der Waals surface area contributed by atoms with Gasteiger partial charge in [0.1, 0.15) is 23.7 Å². The molecule has 0 aliphatic heterocycles. The van der Waals surface area contributed by atoms with Crippen molar-refractivity contribution in [3.8, 4) is 5.75 Å². The lowest BCUT2D eigenvalue weighted by atomic mass is 10.1. The SMILES string of the molecule is CCNCCOc1cc(F)cc2c(S(=O)(=O)c3cccc4ccccc34)nn(Cc3cccc(Cl)c3)c12. The Balaban J connectivity index is 1.72. The summed E-state index contributed by atoms with van der Waals surface area (Å²) in [5.41, 5.74) is 1.21. The summed E-state index contributed by atoms with van der Waals surface area (Å²) in [6.45, 7) is 3.79. The van der Waals surface area contributed by atoms with E-state index < -0.39 is 15.7 Å².